The highest BCUT2D eigenvalue weighted by atomic mass is 79.9. The van der Waals surface area contributed by atoms with Crippen LogP contribution in [0.5, 0.6) is 5.75 Å². The quantitative estimate of drug-likeness (QED) is 0.498. The second-order valence-electron chi connectivity index (χ2n) is 7.42. The van der Waals surface area contributed by atoms with Gasteiger partial charge in [-0.1, -0.05) is 28.1 Å². The zero-order valence-corrected chi connectivity index (χ0v) is 18.0. The summed E-state index contributed by atoms with van der Waals surface area (Å²) in [5.41, 5.74) is 8.30. The van der Waals surface area contributed by atoms with E-state index in [2.05, 4.69) is 50.5 Å². The largest absolute Gasteiger partial charge is 0.491 e. The van der Waals surface area contributed by atoms with Crippen LogP contribution in [-0.4, -0.2) is 31.8 Å². The van der Waals surface area contributed by atoms with Crippen LogP contribution in [0.15, 0.2) is 58.0 Å². The molecule has 0 aliphatic carbocycles. The maximum Gasteiger partial charge on any atom is 0.193 e. The van der Waals surface area contributed by atoms with Crippen LogP contribution in [-0.2, 0) is 10.2 Å². The number of benzene rings is 2. The molecule has 0 saturated carbocycles. The lowest BCUT2D eigenvalue weighted by atomic mass is 9.74. The molecular formula is C22H28BrN3O2. The monoisotopic (exact) mass is 445 g/mol. The van der Waals surface area contributed by atoms with Gasteiger partial charge in [-0.3, -0.25) is 4.99 Å². The molecule has 1 aliphatic rings. The molecule has 0 amide bonds. The molecule has 0 atom stereocenters. The van der Waals surface area contributed by atoms with Gasteiger partial charge in [0, 0.05) is 28.8 Å². The van der Waals surface area contributed by atoms with Crippen LogP contribution in [0.3, 0.4) is 0 Å². The number of nitrogens with zero attached hydrogens (tertiary/aromatic N) is 1. The summed E-state index contributed by atoms with van der Waals surface area (Å²) in [4.78, 5) is 4.67. The normalized spacial score (nSPS) is 16.8. The molecular weight excluding hydrogens is 418 g/mol. The van der Waals surface area contributed by atoms with Gasteiger partial charge in [0.2, 0.25) is 0 Å². The highest BCUT2D eigenvalue weighted by molar-refractivity contribution is 9.10. The van der Waals surface area contributed by atoms with Crippen molar-refractivity contribution in [2.45, 2.75) is 38.2 Å². The van der Waals surface area contributed by atoms with Gasteiger partial charge in [0.1, 0.15) is 5.75 Å². The van der Waals surface area contributed by atoms with Crippen molar-refractivity contribution in [2.75, 3.05) is 25.1 Å². The molecule has 1 fully saturated rings. The molecule has 0 aromatic heterocycles. The summed E-state index contributed by atoms with van der Waals surface area (Å²) in [5.74, 6) is 1.26. The number of hydrogen-bond acceptors (Lipinski definition) is 3. The van der Waals surface area contributed by atoms with E-state index in [-0.39, 0.29) is 11.5 Å². The van der Waals surface area contributed by atoms with Crippen molar-refractivity contribution in [3.63, 3.8) is 0 Å². The average molecular weight is 446 g/mol. The first-order valence-electron chi connectivity index (χ1n) is 9.64. The first-order valence-corrected chi connectivity index (χ1v) is 10.4. The number of nitrogens with two attached hydrogens (primary N) is 1. The first kappa shape index (κ1) is 20.7. The van der Waals surface area contributed by atoms with E-state index < -0.39 is 0 Å². The number of halogens is 1. The molecule has 5 nitrogen and oxygen atoms in total. The van der Waals surface area contributed by atoms with Crippen LogP contribution >= 0.6 is 15.9 Å². The summed E-state index contributed by atoms with van der Waals surface area (Å²) in [6.45, 7) is 6.14. The minimum Gasteiger partial charge on any atom is -0.491 e. The third-order valence-corrected chi connectivity index (χ3v) is 5.49. The lowest BCUT2D eigenvalue weighted by Crippen LogP contribution is -2.38. The van der Waals surface area contributed by atoms with Crippen LogP contribution in [0.4, 0.5) is 5.69 Å². The molecule has 3 N–H and O–H groups in total. The fourth-order valence-corrected chi connectivity index (χ4v) is 3.68. The molecule has 0 bridgehead atoms. The van der Waals surface area contributed by atoms with Gasteiger partial charge >= 0.3 is 0 Å². The Hall–Kier alpha value is -2.05. The van der Waals surface area contributed by atoms with Gasteiger partial charge in [0.05, 0.1) is 12.6 Å². The van der Waals surface area contributed by atoms with Crippen LogP contribution in [0, 0.1) is 0 Å². The summed E-state index contributed by atoms with van der Waals surface area (Å²) in [5, 5.41) is 3.17. The minimum atomic E-state index is -0.0415. The summed E-state index contributed by atoms with van der Waals surface area (Å²) >= 11 is 3.51. The topological polar surface area (TPSA) is 68.9 Å². The number of nitrogens with one attached hydrogen (secondary N) is 1. The fourth-order valence-electron chi connectivity index (χ4n) is 3.42. The number of rotatable bonds is 6. The molecule has 1 heterocycles. The van der Waals surface area contributed by atoms with Crippen LogP contribution in [0.2, 0.25) is 0 Å². The summed E-state index contributed by atoms with van der Waals surface area (Å²) < 4.78 is 12.3. The Morgan fingerprint density at radius 3 is 2.39 bits per heavy atom. The third-order valence-electron chi connectivity index (χ3n) is 4.96. The number of aliphatic imine (C=N–C) groups is 1. The van der Waals surface area contributed by atoms with Gasteiger partial charge in [-0.25, -0.2) is 0 Å². The lowest BCUT2D eigenvalue weighted by Gasteiger charge is -2.36. The zero-order valence-electron chi connectivity index (χ0n) is 16.5. The van der Waals surface area contributed by atoms with Crippen molar-refractivity contribution in [1.29, 1.82) is 0 Å². The Morgan fingerprint density at radius 2 is 1.79 bits per heavy atom. The number of hydrogen-bond donors (Lipinski definition) is 2. The second kappa shape index (κ2) is 9.43. The Kier molecular flexibility index (Phi) is 6.97. The zero-order chi connectivity index (χ0) is 20.0. The van der Waals surface area contributed by atoms with Crippen LogP contribution in [0.25, 0.3) is 0 Å². The Morgan fingerprint density at radius 1 is 1.14 bits per heavy atom. The standard InChI is InChI=1S/C22H28BrN3O2/c1-16(2)28-20-9-7-19(8-10-20)26-21(24)25-15-22(11-13-27-14-12-22)17-3-5-18(23)6-4-17/h3-10,16H,11-15H2,1-2H3,(H3,24,25,26). The van der Waals surface area contributed by atoms with Crippen LogP contribution in [0.1, 0.15) is 32.3 Å². The van der Waals surface area contributed by atoms with E-state index in [1.54, 1.807) is 0 Å². The third kappa shape index (κ3) is 5.49. The molecule has 150 valence electrons. The maximum absolute atomic E-state index is 6.17. The van der Waals surface area contributed by atoms with Gasteiger partial charge in [0.25, 0.3) is 0 Å². The fraction of sp³-hybridized carbons (Fsp3) is 0.409. The van der Waals surface area contributed by atoms with Crippen molar-refractivity contribution in [3.05, 3.63) is 58.6 Å². The van der Waals surface area contributed by atoms with E-state index in [1.165, 1.54) is 5.56 Å². The van der Waals surface area contributed by atoms with Crippen molar-refractivity contribution in [3.8, 4) is 5.75 Å². The highest BCUT2D eigenvalue weighted by Gasteiger charge is 2.34. The first-order chi connectivity index (χ1) is 13.5. The van der Waals surface area contributed by atoms with Crippen molar-refractivity contribution in [1.82, 2.24) is 0 Å². The van der Waals surface area contributed by atoms with Gasteiger partial charge in [-0.2, -0.15) is 0 Å². The SMILES string of the molecule is CC(C)Oc1ccc(NC(N)=NCC2(c3ccc(Br)cc3)CCOCC2)cc1. The van der Waals surface area contributed by atoms with Crippen molar-refractivity contribution >= 4 is 27.6 Å². The smallest absolute Gasteiger partial charge is 0.193 e. The molecule has 6 heteroatoms. The molecule has 0 unspecified atom stereocenters. The predicted molar refractivity (Wildman–Crippen MR) is 118 cm³/mol. The maximum atomic E-state index is 6.17. The highest BCUT2D eigenvalue weighted by Crippen LogP contribution is 2.35. The van der Waals surface area contributed by atoms with Crippen molar-refractivity contribution in [2.24, 2.45) is 10.7 Å². The van der Waals surface area contributed by atoms with E-state index >= 15 is 0 Å². The molecule has 2 aromatic rings. The average Bonchev–Trinajstić information content (AvgIpc) is 2.69. The molecule has 1 saturated heterocycles. The molecule has 1 aliphatic heterocycles. The minimum absolute atomic E-state index is 0.0415. The summed E-state index contributed by atoms with van der Waals surface area (Å²) in [6, 6.07) is 16.2. The van der Waals surface area contributed by atoms with Crippen LogP contribution < -0.4 is 15.8 Å². The summed E-state index contributed by atoms with van der Waals surface area (Å²) in [7, 11) is 0. The summed E-state index contributed by atoms with van der Waals surface area (Å²) in [6.07, 6.45) is 2.03. The second-order valence-corrected chi connectivity index (χ2v) is 8.33. The number of guanidine groups is 1. The Bertz CT molecular complexity index is 782. The van der Waals surface area contributed by atoms with Gasteiger partial charge in [0.15, 0.2) is 5.96 Å². The number of anilines is 1. The van der Waals surface area contributed by atoms with Gasteiger partial charge < -0.3 is 20.5 Å². The number of ether oxygens (including phenoxy) is 2. The molecule has 3 rings (SSSR count). The van der Waals surface area contributed by atoms with E-state index in [9.17, 15) is 0 Å². The van der Waals surface area contributed by atoms with Gasteiger partial charge in [-0.05, 0) is 68.7 Å². The molecule has 0 spiro atoms. The van der Waals surface area contributed by atoms with E-state index in [0.29, 0.717) is 12.5 Å². The van der Waals surface area contributed by atoms with Crippen molar-refractivity contribution < 1.29 is 9.47 Å². The van der Waals surface area contributed by atoms with E-state index in [1.807, 2.05) is 38.1 Å². The molecule has 28 heavy (non-hydrogen) atoms. The lowest BCUT2D eigenvalue weighted by molar-refractivity contribution is 0.0531. The predicted octanol–water partition coefficient (Wildman–Crippen LogP) is 4.71. The molecule has 0 radical (unpaired) electrons. The van der Waals surface area contributed by atoms with Gasteiger partial charge in [-0.15, -0.1) is 0 Å². The van der Waals surface area contributed by atoms with E-state index in [4.69, 9.17) is 15.2 Å². The molecule has 2 aromatic carbocycles. The Labute approximate surface area is 175 Å². The Balaban J connectivity index is 1.69. The van der Waals surface area contributed by atoms with E-state index in [0.717, 1.165) is 42.0 Å².